The van der Waals surface area contributed by atoms with Crippen molar-refractivity contribution in [3.05, 3.63) is 28.8 Å². The van der Waals surface area contributed by atoms with E-state index >= 15 is 0 Å². The molecule has 5 nitrogen and oxygen atoms in total. The molecule has 0 aliphatic carbocycles. The maximum atomic E-state index is 11.7. The minimum atomic E-state index is -0.332. The van der Waals surface area contributed by atoms with Gasteiger partial charge >= 0.3 is 0 Å². The van der Waals surface area contributed by atoms with E-state index in [2.05, 4.69) is 10.6 Å². The van der Waals surface area contributed by atoms with Gasteiger partial charge in [-0.05, 0) is 25.1 Å². The first-order chi connectivity index (χ1) is 8.54. The smallest absolute Gasteiger partial charge is 0.251 e. The third kappa shape index (κ3) is 4.25. The number of carbonyl (C=O) groups is 2. The molecule has 0 aliphatic heterocycles. The maximum absolute atomic E-state index is 11.7. The molecule has 2 amide bonds. The van der Waals surface area contributed by atoms with Gasteiger partial charge in [0.15, 0.2) is 0 Å². The Kier molecular flexibility index (Phi) is 5.45. The molecule has 3 N–H and O–H groups in total. The summed E-state index contributed by atoms with van der Waals surface area (Å²) in [6, 6.07) is 4.18. The van der Waals surface area contributed by atoms with Gasteiger partial charge in [-0.3, -0.25) is 9.59 Å². The fourth-order valence-electron chi connectivity index (χ4n) is 1.33. The van der Waals surface area contributed by atoms with Gasteiger partial charge in [0.25, 0.3) is 5.91 Å². The SMILES string of the molecule is CCNC(=O)CCNC(=O)c1ccc(O)c(Cl)c1. The molecule has 6 heteroatoms. The Morgan fingerprint density at radius 2 is 2.06 bits per heavy atom. The number of halogens is 1. The molecule has 18 heavy (non-hydrogen) atoms. The predicted octanol–water partition coefficient (Wildman–Crippen LogP) is 1.30. The molecule has 0 saturated carbocycles. The maximum Gasteiger partial charge on any atom is 0.251 e. The predicted molar refractivity (Wildman–Crippen MR) is 68.8 cm³/mol. The molecule has 0 bridgehead atoms. The van der Waals surface area contributed by atoms with Crippen LogP contribution in [0.15, 0.2) is 18.2 Å². The molecule has 0 heterocycles. The van der Waals surface area contributed by atoms with E-state index in [1.165, 1.54) is 18.2 Å². The van der Waals surface area contributed by atoms with E-state index in [-0.39, 0.29) is 35.6 Å². The van der Waals surface area contributed by atoms with E-state index in [1.54, 1.807) is 0 Å². The Balaban J connectivity index is 2.45. The van der Waals surface area contributed by atoms with E-state index in [0.29, 0.717) is 12.1 Å². The Bertz CT molecular complexity index is 449. The second-order valence-corrected chi connectivity index (χ2v) is 4.03. The molecule has 0 aliphatic rings. The van der Waals surface area contributed by atoms with E-state index in [0.717, 1.165) is 0 Å². The highest BCUT2D eigenvalue weighted by molar-refractivity contribution is 6.32. The number of carbonyl (C=O) groups excluding carboxylic acids is 2. The molecule has 1 aromatic carbocycles. The molecule has 98 valence electrons. The summed E-state index contributed by atoms with van der Waals surface area (Å²) in [6.45, 7) is 2.65. The van der Waals surface area contributed by atoms with Crippen LogP contribution in [0.5, 0.6) is 5.75 Å². The Hall–Kier alpha value is -1.75. The topological polar surface area (TPSA) is 78.4 Å². The number of nitrogens with one attached hydrogen (secondary N) is 2. The molecule has 1 rings (SSSR count). The molecule has 0 atom stereocenters. The van der Waals surface area contributed by atoms with Gasteiger partial charge < -0.3 is 15.7 Å². The van der Waals surface area contributed by atoms with E-state index in [9.17, 15) is 14.7 Å². The molecule has 0 radical (unpaired) electrons. The molecule has 0 aromatic heterocycles. The van der Waals surface area contributed by atoms with Gasteiger partial charge in [0.05, 0.1) is 5.02 Å². The summed E-state index contributed by atoms with van der Waals surface area (Å²) in [5.74, 6) is -0.515. The number of phenols is 1. The lowest BCUT2D eigenvalue weighted by atomic mass is 10.2. The number of hydrogen-bond donors (Lipinski definition) is 3. The molecular formula is C12H15ClN2O3. The second-order valence-electron chi connectivity index (χ2n) is 3.63. The van der Waals surface area contributed by atoms with Crippen molar-refractivity contribution in [2.45, 2.75) is 13.3 Å². The highest BCUT2D eigenvalue weighted by Gasteiger charge is 2.08. The van der Waals surface area contributed by atoms with Gasteiger partial charge in [-0.2, -0.15) is 0 Å². The summed E-state index contributed by atoms with van der Waals surface area (Å²) >= 11 is 5.69. The zero-order valence-electron chi connectivity index (χ0n) is 10.00. The lowest BCUT2D eigenvalue weighted by molar-refractivity contribution is -0.120. The minimum absolute atomic E-state index is 0.0736. The van der Waals surface area contributed by atoms with Crippen molar-refractivity contribution in [1.29, 1.82) is 0 Å². The van der Waals surface area contributed by atoms with Crippen molar-refractivity contribution in [3.63, 3.8) is 0 Å². The summed E-state index contributed by atoms with van der Waals surface area (Å²) in [6.07, 6.45) is 0.228. The van der Waals surface area contributed by atoms with Crippen LogP contribution in [0, 0.1) is 0 Å². The van der Waals surface area contributed by atoms with Crippen molar-refractivity contribution in [3.8, 4) is 5.75 Å². The Morgan fingerprint density at radius 1 is 1.33 bits per heavy atom. The third-order valence-corrected chi connectivity index (χ3v) is 2.52. The fourth-order valence-corrected chi connectivity index (χ4v) is 1.51. The quantitative estimate of drug-likeness (QED) is 0.755. The number of benzene rings is 1. The van der Waals surface area contributed by atoms with Crippen molar-refractivity contribution >= 4 is 23.4 Å². The normalized spacial score (nSPS) is 9.89. The van der Waals surface area contributed by atoms with Crippen LogP contribution in [0.4, 0.5) is 0 Å². The van der Waals surface area contributed by atoms with Crippen LogP contribution in [0.25, 0.3) is 0 Å². The molecular weight excluding hydrogens is 256 g/mol. The van der Waals surface area contributed by atoms with Gasteiger partial charge in [-0.1, -0.05) is 11.6 Å². The number of aromatic hydroxyl groups is 1. The number of rotatable bonds is 5. The monoisotopic (exact) mass is 270 g/mol. The van der Waals surface area contributed by atoms with Crippen LogP contribution in [0.1, 0.15) is 23.7 Å². The summed E-state index contributed by atoms with van der Waals surface area (Å²) in [7, 11) is 0. The molecule has 0 saturated heterocycles. The highest BCUT2D eigenvalue weighted by atomic mass is 35.5. The summed E-state index contributed by atoms with van der Waals surface area (Å²) in [5, 5.41) is 14.6. The first-order valence-corrected chi connectivity index (χ1v) is 5.95. The first kappa shape index (κ1) is 14.3. The third-order valence-electron chi connectivity index (χ3n) is 2.22. The lowest BCUT2D eigenvalue weighted by Crippen LogP contribution is -2.30. The average molecular weight is 271 g/mol. The zero-order chi connectivity index (χ0) is 13.5. The Morgan fingerprint density at radius 3 is 2.67 bits per heavy atom. The zero-order valence-corrected chi connectivity index (χ0v) is 10.8. The van der Waals surface area contributed by atoms with Gasteiger partial charge in [0, 0.05) is 25.1 Å². The summed E-state index contributed by atoms with van der Waals surface area (Å²) in [5.41, 5.74) is 0.341. The standard InChI is InChI=1S/C12H15ClN2O3/c1-2-14-11(17)5-6-15-12(18)8-3-4-10(16)9(13)7-8/h3-4,7,16H,2,5-6H2,1H3,(H,14,17)(H,15,18). The summed E-state index contributed by atoms with van der Waals surface area (Å²) in [4.78, 5) is 22.8. The van der Waals surface area contributed by atoms with Crippen molar-refractivity contribution < 1.29 is 14.7 Å². The van der Waals surface area contributed by atoms with E-state index < -0.39 is 0 Å². The second kappa shape index (κ2) is 6.86. The Labute approximate surface area is 110 Å². The molecule has 1 aromatic rings. The van der Waals surface area contributed by atoms with Crippen LogP contribution < -0.4 is 10.6 Å². The molecule has 0 unspecified atom stereocenters. The number of amides is 2. The first-order valence-electron chi connectivity index (χ1n) is 5.58. The van der Waals surface area contributed by atoms with Crippen LogP contribution in [-0.2, 0) is 4.79 Å². The average Bonchev–Trinajstić information content (AvgIpc) is 2.33. The fraction of sp³-hybridized carbons (Fsp3) is 0.333. The number of hydrogen-bond acceptors (Lipinski definition) is 3. The van der Waals surface area contributed by atoms with Crippen LogP contribution in [0.2, 0.25) is 5.02 Å². The summed E-state index contributed by atoms with van der Waals surface area (Å²) < 4.78 is 0. The minimum Gasteiger partial charge on any atom is -0.506 e. The largest absolute Gasteiger partial charge is 0.506 e. The van der Waals surface area contributed by atoms with Gasteiger partial charge in [0.2, 0.25) is 5.91 Å². The number of phenolic OH excluding ortho intramolecular Hbond substituents is 1. The van der Waals surface area contributed by atoms with Crippen LogP contribution >= 0.6 is 11.6 Å². The van der Waals surface area contributed by atoms with Crippen molar-refractivity contribution in [1.82, 2.24) is 10.6 Å². The van der Waals surface area contributed by atoms with Gasteiger partial charge in [-0.15, -0.1) is 0 Å². The van der Waals surface area contributed by atoms with Gasteiger partial charge in [0.1, 0.15) is 5.75 Å². The van der Waals surface area contributed by atoms with Crippen molar-refractivity contribution in [2.75, 3.05) is 13.1 Å². The van der Waals surface area contributed by atoms with Gasteiger partial charge in [-0.25, -0.2) is 0 Å². The van der Waals surface area contributed by atoms with Crippen molar-refractivity contribution in [2.24, 2.45) is 0 Å². The highest BCUT2D eigenvalue weighted by Crippen LogP contribution is 2.23. The van der Waals surface area contributed by atoms with Crippen LogP contribution in [0.3, 0.4) is 0 Å². The van der Waals surface area contributed by atoms with Crippen LogP contribution in [-0.4, -0.2) is 30.0 Å². The van der Waals surface area contributed by atoms with E-state index in [1.807, 2.05) is 6.92 Å². The molecule has 0 spiro atoms. The lowest BCUT2D eigenvalue weighted by Gasteiger charge is -2.06. The van der Waals surface area contributed by atoms with E-state index in [4.69, 9.17) is 11.6 Å². The molecule has 0 fully saturated rings.